The minimum Gasteiger partial charge on any atom is -0.508 e. The van der Waals surface area contributed by atoms with E-state index in [0.29, 0.717) is 17.3 Å². The van der Waals surface area contributed by atoms with Crippen LogP contribution in [0.15, 0.2) is 12.1 Å². The molecule has 0 aromatic heterocycles. The summed E-state index contributed by atoms with van der Waals surface area (Å²) in [5, 5.41) is 10.3. The van der Waals surface area contributed by atoms with Gasteiger partial charge in [-0.2, -0.15) is 0 Å². The van der Waals surface area contributed by atoms with E-state index in [1.807, 2.05) is 6.92 Å². The van der Waals surface area contributed by atoms with Gasteiger partial charge in [-0.05, 0) is 56.0 Å². The summed E-state index contributed by atoms with van der Waals surface area (Å²) in [6.07, 6.45) is 2.81. The Morgan fingerprint density at radius 1 is 1.36 bits per heavy atom. The molecule has 1 aromatic rings. The van der Waals surface area contributed by atoms with E-state index in [4.69, 9.17) is 17.3 Å². The normalized spacial score (nSPS) is 10.5. The zero-order valence-electron chi connectivity index (χ0n) is 8.39. The fourth-order valence-corrected chi connectivity index (χ4v) is 1.65. The fraction of sp³-hybridized carbons (Fsp3) is 0.455. The van der Waals surface area contributed by atoms with E-state index in [2.05, 4.69) is 0 Å². The predicted molar refractivity (Wildman–Crippen MR) is 59.8 cm³/mol. The minimum absolute atomic E-state index is 0.337. The van der Waals surface area contributed by atoms with Gasteiger partial charge in [0.05, 0.1) is 0 Å². The molecule has 0 aliphatic carbocycles. The largest absolute Gasteiger partial charge is 0.508 e. The molecule has 0 heterocycles. The van der Waals surface area contributed by atoms with Gasteiger partial charge >= 0.3 is 0 Å². The number of rotatable bonds is 4. The summed E-state index contributed by atoms with van der Waals surface area (Å²) < 4.78 is 0. The first-order valence-corrected chi connectivity index (χ1v) is 5.21. The van der Waals surface area contributed by atoms with E-state index in [-0.39, 0.29) is 0 Å². The highest BCUT2D eigenvalue weighted by Crippen LogP contribution is 2.28. The lowest BCUT2D eigenvalue weighted by Gasteiger charge is -2.09. The van der Waals surface area contributed by atoms with Gasteiger partial charge < -0.3 is 10.8 Å². The van der Waals surface area contributed by atoms with Crippen LogP contribution in [0.2, 0.25) is 5.02 Å². The molecule has 0 radical (unpaired) electrons. The summed E-state index contributed by atoms with van der Waals surface area (Å²) in [4.78, 5) is 0. The zero-order chi connectivity index (χ0) is 10.6. The third kappa shape index (κ3) is 2.63. The molecule has 0 atom stereocenters. The molecule has 3 N–H and O–H groups in total. The van der Waals surface area contributed by atoms with Crippen molar-refractivity contribution in [3.05, 3.63) is 28.3 Å². The molecule has 0 spiro atoms. The number of phenols is 1. The zero-order valence-corrected chi connectivity index (χ0v) is 9.14. The smallest absolute Gasteiger partial charge is 0.119 e. The van der Waals surface area contributed by atoms with Crippen LogP contribution in [0.4, 0.5) is 0 Å². The van der Waals surface area contributed by atoms with Crippen LogP contribution in [0, 0.1) is 6.92 Å². The topological polar surface area (TPSA) is 46.2 Å². The lowest BCUT2D eigenvalue weighted by molar-refractivity contribution is 0.466. The van der Waals surface area contributed by atoms with Crippen LogP contribution in [0.1, 0.15) is 24.0 Å². The van der Waals surface area contributed by atoms with Crippen molar-refractivity contribution in [2.75, 3.05) is 6.54 Å². The quantitative estimate of drug-likeness (QED) is 0.756. The van der Waals surface area contributed by atoms with Crippen molar-refractivity contribution in [2.45, 2.75) is 26.2 Å². The van der Waals surface area contributed by atoms with Gasteiger partial charge in [0.2, 0.25) is 0 Å². The Labute approximate surface area is 89.7 Å². The van der Waals surface area contributed by atoms with Gasteiger partial charge in [-0.1, -0.05) is 11.6 Å². The highest BCUT2D eigenvalue weighted by atomic mass is 35.5. The molecule has 14 heavy (non-hydrogen) atoms. The summed E-state index contributed by atoms with van der Waals surface area (Å²) in [7, 11) is 0. The number of halogens is 1. The second kappa shape index (κ2) is 5.23. The SMILES string of the molecule is Cc1c(Cl)ccc(O)c1CCCCN. The van der Waals surface area contributed by atoms with Crippen LogP contribution in [-0.4, -0.2) is 11.7 Å². The molecule has 1 rings (SSSR count). The Balaban J connectivity index is 2.79. The van der Waals surface area contributed by atoms with E-state index >= 15 is 0 Å². The Kier molecular flexibility index (Phi) is 4.23. The molecular formula is C11H16ClNO. The second-order valence-corrected chi connectivity index (χ2v) is 3.82. The summed E-state index contributed by atoms with van der Waals surface area (Å²) in [5.74, 6) is 0.337. The summed E-state index contributed by atoms with van der Waals surface area (Å²) in [6.45, 7) is 2.63. The van der Waals surface area contributed by atoms with Gasteiger partial charge in [0.15, 0.2) is 0 Å². The minimum atomic E-state index is 0.337. The van der Waals surface area contributed by atoms with E-state index in [0.717, 1.165) is 30.4 Å². The molecule has 0 aliphatic heterocycles. The van der Waals surface area contributed by atoms with Crippen molar-refractivity contribution in [1.82, 2.24) is 0 Å². The number of nitrogens with two attached hydrogens (primary N) is 1. The van der Waals surface area contributed by atoms with Crippen LogP contribution >= 0.6 is 11.6 Å². The first-order chi connectivity index (χ1) is 6.66. The average molecular weight is 214 g/mol. The standard InChI is InChI=1S/C11H16ClNO/c1-8-9(4-2-3-7-13)11(14)6-5-10(8)12/h5-6,14H,2-4,7,13H2,1H3. The van der Waals surface area contributed by atoms with Gasteiger partial charge in [-0.15, -0.1) is 0 Å². The first-order valence-electron chi connectivity index (χ1n) is 4.84. The third-order valence-corrected chi connectivity index (χ3v) is 2.80. The van der Waals surface area contributed by atoms with Crippen LogP contribution in [0.3, 0.4) is 0 Å². The van der Waals surface area contributed by atoms with E-state index in [1.54, 1.807) is 12.1 Å². The van der Waals surface area contributed by atoms with Gasteiger partial charge in [0, 0.05) is 5.02 Å². The Morgan fingerprint density at radius 2 is 2.07 bits per heavy atom. The Bertz CT molecular complexity index is 312. The highest BCUT2D eigenvalue weighted by Gasteiger charge is 2.07. The fourth-order valence-electron chi connectivity index (χ4n) is 1.48. The maximum Gasteiger partial charge on any atom is 0.119 e. The lowest BCUT2D eigenvalue weighted by Crippen LogP contribution is -2.00. The molecule has 0 aliphatic rings. The Morgan fingerprint density at radius 3 is 2.71 bits per heavy atom. The molecule has 2 nitrogen and oxygen atoms in total. The van der Waals surface area contributed by atoms with Crippen LogP contribution < -0.4 is 5.73 Å². The third-order valence-electron chi connectivity index (χ3n) is 2.39. The van der Waals surface area contributed by atoms with Crippen molar-refractivity contribution in [2.24, 2.45) is 5.73 Å². The van der Waals surface area contributed by atoms with Crippen LogP contribution in [-0.2, 0) is 6.42 Å². The number of benzene rings is 1. The monoisotopic (exact) mass is 213 g/mol. The number of hydrogen-bond donors (Lipinski definition) is 2. The highest BCUT2D eigenvalue weighted by molar-refractivity contribution is 6.31. The van der Waals surface area contributed by atoms with Crippen molar-refractivity contribution < 1.29 is 5.11 Å². The number of hydrogen-bond acceptors (Lipinski definition) is 2. The van der Waals surface area contributed by atoms with Gasteiger partial charge in [-0.25, -0.2) is 0 Å². The van der Waals surface area contributed by atoms with E-state index in [9.17, 15) is 5.11 Å². The van der Waals surface area contributed by atoms with Crippen LogP contribution in [0.25, 0.3) is 0 Å². The summed E-state index contributed by atoms with van der Waals surface area (Å²) in [6, 6.07) is 3.37. The first kappa shape index (κ1) is 11.3. The lowest BCUT2D eigenvalue weighted by atomic mass is 10.0. The second-order valence-electron chi connectivity index (χ2n) is 3.42. The van der Waals surface area contributed by atoms with E-state index in [1.165, 1.54) is 0 Å². The molecule has 0 saturated heterocycles. The molecule has 3 heteroatoms. The van der Waals surface area contributed by atoms with Gasteiger partial charge in [-0.3, -0.25) is 0 Å². The molecule has 1 aromatic carbocycles. The van der Waals surface area contributed by atoms with Crippen molar-refractivity contribution in [3.63, 3.8) is 0 Å². The van der Waals surface area contributed by atoms with E-state index < -0.39 is 0 Å². The van der Waals surface area contributed by atoms with Crippen molar-refractivity contribution in [3.8, 4) is 5.75 Å². The molecule has 0 saturated carbocycles. The molecule has 0 amide bonds. The predicted octanol–water partition coefficient (Wildman–Crippen LogP) is 2.64. The number of phenolic OH excluding ortho intramolecular Hbond substituents is 1. The molecule has 0 bridgehead atoms. The summed E-state index contributed by atoms with van der Waals surface area (Å²) in [5.41, 5.74) is 7.34. The molecular weight excluding hydrogens is 198 g/mol. The van der Waals surface area contributed by atoms with Crippen LogP contribution in [0.5, 0.6) is 5.75 Å². The van der Waals surface area contributed by atoms with Gasteiger partial charge in [0.1, 0.15) is 5.75 Å². The Hall–Kier alpha value is -0.730. The summed E-state index contributed by atoms with van der Waals surface area (Å²) >= 11 is 5.96. The average Bonchev–Trinajstić information content (AvgIpc) is 2.18. The molecule has 0 unspecified atom stereocenters. The maximum atomic E-state index is 9.63. The van der Waals surface area contributed by atoms with Crippen molar-refractivity contribution in [1.29, 1.82) is 0 Å². The molecule has 0 fully saturated rings. The molecule has 78 valence electrons. The van der Waals surface area contributed by atoms with Gasteiger partial charge in [0.25, 0.3) is 0 Å². The maximum absolute atomic E-state index is 9.63. The number of unbranched alkanes of at least 4 members (excludes halogenated alkanes) is 1. The number of aromatic hydroxyl groups is 1. The van der Waals surface area contributed by atoms with Crippen molar-refractivity contribution >= 4 is 11.6 Å².